The van der Waals surface area contributed by atoms with Crippen LogP contribution >= 0.6 is 0 Å². The van der Waals surface area contributed by atoms with Gasteiger partial charge in [-0.2, -0.15) is 18.3 Å². The van der Waals surface area contributed by atoms with Gasteiger partial charge in [0.05, 0.1) is 5.69 Å². The molecule has 0 spiro atoms. The van der Waals surface area contributed by atoms with Gasteiger partial charge in [0, 0.05) is 56.4 Å². The average Bonchev–Trinajstić information content (AvgIpc) is 3.20. The fourth-order valence-corrected chi connectivity index (χ4v) is 3.17. The normalized spacial score (nSPS) is 11.9. The van der Waals surface area contributed by atoms with Crippen LogP contribution in [0.1, 0.15) is 30.3 Å². The number of rotatable bonds is 6. The second-order valence-corrected chi connectivity index (χ2v) is 6.69. The Morgan fingerprint density at radius 3 is 2.71 bits per heavy atom. The molecule has 0 aliphatic rings. The summed E-state index contributed by atoms with van der Waals surface area (Å²) < 4.78 is 43.0. The fourth-order valence-electron chi connectivity index (χ4n) is 3.17. The molecule has 28 heavy (non-hydrogen) atoms. The standard InChI is InChI=1S/C19H22F3N5O/c1-4-26-12-15(13(2)24-26)11-25(3)17(28)7-9-27-16(19(20,21)22)10-14-6-5-8-23-18(14)27/h5-6,8,10,12H,4,7,9,11H2,1-3H3. The number of carbonyl (C=O) groups excluding carboxylic acids is 1. The molecule has 0 unspecified atom stereocenters. The van der Waals surface area contributed by atoms with Crippen LogP contribution in [-0.2, 0) is 30.6 Å². The zero-order valence-corrected chi connectivity index (χ0v) is 16.0. The number of aryl methyl sites for hydroxylation is 3. The molecule has 3 aromatic heterocycles. The van der Waals surface area contributed by atoms with Crippen molar-refractivity contribution in [3.8, 4) is 0 Å². The van der Waals surface area contributed by atoms with Crippen LogP contribution in [0, 0.1) is 6.92 Å². The number of halogens is 3. The molecule has 6 nitrogen and oxygen atoms in total. The molecule has 9 heteroatoms. The maximum atomic E-state index is 13.4. The summed E-state index contributed by atoms with van der Waals surface area (Å²) in [4.78, 5) is 18.1. The highest BCUT2D eigenvalue weighted by Gasteiger charge is 2.35. The molecule has 1 amide bonds. The van der Waals surface area contributed by atoms with Crippen molar-refractivity contribution in [2.45, 2.75) is 46.1 Å². The summed E-state index contributed by atoms with van der Waals surface area (Å²) >= 11 is 0. The van der Waals surface area contributed by atoms with Crippen LogP contribution in [0.15, 0.2) is 30.6 Å². The summed E-state index contributed by atoms with van der Waals surface area (Å²) in [5, 5.41) is 4.74. The Balaban J connectivity index is 1.74. The molecule has 0 aromatic carbocycles. The van der Waals surface area contributed by atoms with E-state index in [1.54, 1.807) is 23.9 Å². The molecule has 3 rings (SSSR count). The van der Waals surface area contributed by atoms with Crippen LogP contribution in [0.5, 0.6) is 0 Å². The van der Waals surface area contributed by atoms with Gasteiger partial charge in [0.2, 0.25) is 5.91 Å². The highest BCUT2D eigenvalue weighted by molar-refractivity contribution is 5.79. The SMILES string of the molecule is CCn1cc(CN(C)C(=O)CCn2c(C(F)(F)F)cc3cccnc32)c(C)n1. The van der Waals surface area contributed by atoms with Crippen molar-refractivity contribution in [3.05, 3.63) is 47.5 Å². The van der Waals surface area contributed by atoms with Gasteiger partial charge >= 0.3 is 6.18 Å². The zero-order valence-electron chi connectivity index (χ0n) is 16.0. The molecule has 0 radical (unpaired) electrons. The number of hydrogen-bond donors (Lipinski definition) is 0. The van der Waals surface area contributed by atoms with Gasteiger partial charge in [-0.05, 0) is 32.0 Å². The fraction of sp³-hybridized carbons (Fsp3) is 0.421. The first-order valence-corrected chi connectivity index (χ1v) is 8.99. The second-order valence-electron chi connectivity index (χ2n) is 6.69. The van der Waals surface area contributed by atoms with Gasteiger partial charge in [0.25, 0.3) is 0 Å². The van der Waals surface area contributed by atoms with Gasteiger partial charge in [-0.1, -0.05) is 0 Å². The number of aromatic nitrogens is 4. The van der Waals surface area contributed by atoms with Crippen molar-refractivity contribution in [1.82, 2.24) is 24.2 Å². The predicted octanol–water partition coefficient (Wildman–Crippen LogP) is 3.63. The largest absolute Gasteiger partial charge is 0.431 e. The number of amides is 1. The Kier molecular flexibility index (Phi) is 5.44. The zero-order chi connectivity index (χ0) is 20.5. The van der Waals surface area contributed by atoms with Crippen LogP contribution < -0.4 is 0 Å². The van der Waals surface area contributed by atoms with Crippen LogP contribution in [-0.4, -0.2) is 37.2 Å². The molecule has 0 saturated heterocycles. The molecule has 3 aromatic rings. The Bertz CT molecular complexity index is 989. The maximum absolute atomic E-state index is 13.4. The smallest absolute Gasteiger partial charge is 0.341 e. The van der Waals surface area contributed by atoms with Crippen molar-refractivity contribution in [2.75, 3.05) is 7.05 Å². The number of pyridine rings is 1. The van der Waals surface area contributed by atoms with E-state index in [4.69, 9.17) is 0 Å². The molecule has 3 heterocycles. The average molecular weight is 393 g/mol. The van der Waals surface area contributed by atoms with Crippen LogP contribution in [0.3, 0.4) is 0 Å². The Morgan fingerprint density at radius 2 is 2.07 bits per heavy atom. The third-order valence-electron chi connectivity index (χ3n) is 4.70. The van der Waals surface area contributed by atoms with Gasteiger partial charge in [0.1, 0.15) is 11.3 Å². The summed E-state index contributed by atoms with van der Waals surface area (Å²) in [6.45, 7) is 4.84. The highest BCUT2D eigenvalue weighted by atomic mass is 19.4. The van der Waals surface area contributed by atoms with Crippen LogP contribution in [0.4, 0.5) is 13.2 Å². The number of fused-ring (bicyclic) bond motifs is 1. The minimum absolute atomic E-state index is 0.0547. The minimum atomic E-state index is -4.51. The van der Waals surface area contributed by atoms with Crippen molar-refractivity contribution in [1.29, 1.82) is 0 Å². The first-order chi connectivity index (χ1) is 13.2. The van der Waals surface area contributed by atoms with E-state index in [9.17, 15) is 18.0 Å². The molecule has 0 N–H and O–H groups in total. The van der Waals surface area contributed by atoms with Gasteiger partial charge < -0.3 is 9.47 Å². The predicted molar refractivity (Wildman–Crippen MR) is 98.5 cm³/mol. The van der Waals surface area contributed by atoms with Crippen molar-refractivity contribution >= 4 is 16.9 Å². The topological polar surface area (TPSA) is 56.0 Å². The molecule has 0 aliphatic carbocycles. The third-order valence-corrected chi connectivity index (χ3v) is 4.70. The van der Waals surface area contributed by atoms with E-state index in [0.717, 1.165) is 28.4 Å². The second kappa shape index (κ2) is 7.65. The molecular weight excluding hydrogens is 371 g/mol. The summed E-state index contributed by atoms with van der Waals surface area (Å²) in [5.74, 6) is -0.241. The molecule has 0 fully saturated rings. The highest BCUT2D eigenvalue weighted by Crippen LogP contribution is 2.33. The summed E-state index contributed by atoms with van der Waals surface area (Å²) in [7, 11) is 1.64. The van der Waals surface area contributed by atoms with Gasteiger partial charge in [-0.3, -0.25) is 9.48 Å². The van der Waals surface area contributed by atoms with E-state index < -0.39 is 11.9 Å². The van der Waals surface area contributed by atoms with E-state index in [-0.39, 0.29) is 24.5 Å². The Morgan fingerprint density at radius 1 is 1.32 bits per heavy atom. The van der Waals surface area contributed by atoms with E-state index in [2.05, 4.69) is 10.1 Å². The number of carbonyl (C=O) groups is 1. The van der Waals surface area contributed by atoms with Crippen molar-refractivity contribution in [2.24, 2.45) is 0 Å². The number of nitrogens with zero attached hydrogens (tertiary/aromatic N) is 5. The molecule has 0 aliphatic heterocycles. The van der Waals surface area contributed by atoms with Gasteiger partial charge in [-0.15, -0.1) is 0 Å². The minimum Gasteiger partial charge on any atom is -0.341 e. The first kappa shape index (κ1) is 19.9. The lowest BCUT2D eigenvalue weighted by atomic mass is 10.2. The van der Waals surface area contributed by atoms with Crippen LogP contribution in [0.25, 0.3) is 11.0 Å². The molecular formula is C19H22F3N5O. The van der Waals surface area contributed by atoms with Crippen molar-refractivity contribution in [3.63, 3.8) is 0 Å². The lowest BCUT2D eigenvalue weighted by Crippen LogP contribution is -2.27. The first-order valence-electron chi connectivity index (χ1n) is 8.99. The monoisotopic (exact) mass is 393 g/mol. The van der Waals surface area contributed by atoms with E-state index >= 15 is 0 Å². The van der Waals surface area contributed by atoms with Crippen molar-refractivity contribution < 1.29 is 18.0 Å². The third kappa shape index (κ3) is 4.02. The van der Waals surface area contributed by atoms with Gasteiger partial charge in [-0.25, -0.2) is 4.98 Å². The van der Waals surface area contributed by atoms with E-state index in [1.165, 1.54) is 11.1 Å². The maximum Gasteiger partial charge on any atom is 0.431 e. The lowest BCUT2D eigenvalue weighted by molar-refractivity contribution is -0.144. The molecule has 0 atom stereocenters. The number of hydrogen-bond acceptors (Lipinski definition) is 3. The van der Waals surface area contributed by atoms with Gasteiger partial charge in [0.15, 0.2) is 0 Å². The Hall–Kier alpha value is -2.84. The summed E-state index contributed by atoms with van der Waals surface area (Å²) in [5.41, 5.74) is 1.19. The molecule has 0 saturated carbocycles. The quantitative estimate of drug-likeness (QED) is 0.643. The number of alkyl halides is 3. The lowest BCUT2D eigenvalue weighted by Gasteiger charge is -2.18. The van der Waals surface area contributed by atoms with Crippen LogP contribution in [0.2, 0.25) is 0 Å². The summed E-state index contributed by atoms with van der Waals surface area (Å²) in [6.07, 6.45) is -1.24. The van der Waals surface area contributed by atoms with E-state index in [0.29, 0.717) is 11.9 Å². The molecule has 150 valence electrons. The summed E-state index contributed by atoms with van der Waals surface area (Å²) in [6, 6.07) is 4.24. The molecule has 0 bridgehead atoms. The van der Waals surface area contributed by atoms with E-state index in [1.807, 2.05) is 20.0 Å². The Labute approximate surface area is 160 Å².